The molecule has 0 saturated heterocycles. The van der Waals surface area contributed by atoms with Crippen LogP contribution < -0.4 is 15.5 Å². The van der Waals surface area contributed by atoms with Crippen molar-refractivity contribution in [2.75, 3.05) is 27.8 Å². The number of fused-ring (bicyclic) bond motifs is 1. The molecule has 166 valence electrons. The molecule has 2 aromatic carbocycles. The topological polar surface area (TPSA) is 61.4 Å². The zero-order chi connectivity index (χ0) is 22.5. The number of thioether (sulfide) groups is 1. The Hall–Kier alpha value is -2.84. The van der Waals surface area contributed by atoms with Gasteiger partial charge in [-0.25, -0.2) is 4.39 Å². The molecule has 2 N–H and O–H groups in total. The molecule has 3 aromatic rings. The summed E-state index contributed by atoms with van der Waals surface area (Å²) in [7, 11) is 0. The van der Waals surface area contributed by atoms with Crippen LogP contribution in [0.5, 0.6) is 0 Å². The number of para-hydroxylation sites is 2. The molecule has 0 fully saturated rings. The van der Waals surface area contributed by atoms with Crippen LogP contribution in [-0.2, 0) is 22.6 Å². The first-order valence-corrected chi connectivity index (χ1v) is 12.3. The molecule has 32 heavy (non-hydrogen) atoms. The molecule has 8 heteroatoms. The van der Waals surface area contributed by atoms with Gasteiger partial charge < -0.3 is 15.5 Å². The second-order valence-electron chi connectivity index (χ2n) is 7.56. The molecule has 0 radical (unpaired) electrons. The predicted molar refractivity (Wildman–Crippen MR) is 131 cm³/mol. The summed E-state index contributed by atoms with van der Waals surface area (Å²) >= 11 is 3.06. The maximum absolute atomic E-state index is 13.0. The van der Waals surface area contributed by atoms with E-state index in [4.69, 9.17) is 0 Å². The molecule has 0 saturated carbocycles. The third-order valence-electron chi connectivity index (χ3n) is 5.27. The van der Waals surface area contributed by atoms with Crippen LogP contribution in [0.25, 0.3) is 0 Å². The Morgan fingerprint density at radius 2 is 1.91 bits per heavy atom. The number of thiophene rings is 1. The number of hydrogen-bond acceptors (Lipinski definition) is 5. The van der Waals surface area contributed by atoms with Crippen molar-refractivity contribution in [2.24, 2.45) is 0 Å². The first kappa shape index (κ1) is 22.4. The van der Waals surface area contributed by atoms with Crippen molar-refractivity contribution in [3.63, 3.8) is 0 Å². The van der Waals surface area contributed by atoms with Crippen molar-refractivity contribution in [2.45, 2.75) is 25.1 Å². The highest BCUT2D eigenvalue weighted by atomic mass is 32.2. The summed E-state index contributed by atoms with van der Waals surface area (Å²) in [6.45, 7) is 3.53. The number of nitrogens with one attached hydrogen (secondary N) is 2. The van der Waals surface area contributed by atoms with E-state index in [0.717, 1.165) is 30.9 Å². The summed E-state index contributed by atoms with van der Waals surface area (Å²) in [5.41, 5.74) is 3.65. The molecular weight excluding hydrogens is 445 g/mol. The Morgan fingerprint density at radius 1 is 1.12 bits per heavy atom. The van der Waals surface area contributed by atoms with Gasteiger partial charge in [-0.2, -0.15) is 0 Å². The summed E-state index contributed by atoms with van der Waals surface area (Å²) in [6, 6.07) is 15.6. The first-order chi connectivity index (χ1) is 15.5. The minimum absolute atomic E-state index is 0.126. The summed E-state index contributed by atoms with van der Waals surface area (Å²) in [6.07, 6.45) is 1.00. The van der Waals surface area contributed by atoms with Gasteiger partial charge in [0, 0.05) is 23.7 Å². The van der Waals surface area contributed by atoms with E-state index in [0.29, 0.717) is 5.69 Å². The van der Waals surface area contributed by atoms with Crippen LogP contribution in [0, 0.1) is 5.82 Å². The molecule has 2 heterocycles. The number of nitrogens with zero attached hydrogens (tertiary/aromatic N) is 1. The van der Waals surface area contributed by atoms with Crippen molar-refractivity contribution in [3.05, 3.63) is 76.2 Å². The predicted octanol–water partition coefficient (Wildman–Crippen LogP) is 5.15. The van der Waals surface area contributed by atoms with Gasteiger partial charge in [0.25, 0.3) is 0 Å². The fraction of sp³-hybridized carbons (Fsp3) is 0.250. The molecule has 1 atom stereocenters. The van der Waals surface area contributed by atoms with Crippen molar-refractivity contribution in [1.82, 2.24) is 0 Å². The largest absolute Gasteiger partial charge is 0.365 e. The molecule has 2 amide bonds. The molecule has 0 bridgehead atoms. The van der Waals surface area contributed by atoms with E-state index in [1.165, 1.54) is 46.5 Å². The quantitative estimate of drug-likeness (QED) is 0.503. The van der Waals surface area contributed by atoms with Crippen LogP contribution in [0.3, 0.4) is 0 Å². The maximum atomic E-state index is 13.0. The fourth-order valence-electron chi connectivity index (χ4n) is 3.55. The summed E-state index contributed by atoms with van der Waals surface area (Å²) < 4.78 is 13.0. The molecule has 1 aromatic heterocycles. The molecule has 1 unspecified atom stereocenters. The standard InChI is InChI=1S/C24H24FN3O2S2/c1-16(32-15-23(29)26-19-8-6-18(25)7-9-19)24(30)27-20-4-2-3-5-21(20)28-12-10-22-17(14-28)11-13-31-22/h2-9,11,13,16H,10,12,14-15H2,1H3,(H,26,29)(H,27,30). The average Bonchev–Trinajstić information content (AvgIpc) is 3.27. The highest BCUT2D eigenvalue weighted by Crippen LogP contribution is 2.32. The van der Waals surface area contributed by atoms with E-state index in [-0.39, 0.29) is 23.4 Å². The van der Waals surface area contributed by atoms with Gasteiger partial charge in [0.05, 0.1) is 22.4 Å². The highest BCUT2D eigenvalue weighted by molar-refractivity contribution is 8.01. The van der Waals surface area contributed by atoms with E-state index in [1.807, 2.05) is 24.3 Å². The van der Waals surface area contributed by atoms with E-state index in [1.54, 1.807) is 18.3 Å². The lowest BCUT2D eigenvalue weighted by atomic mass is 10.1. The molecule has 0 spiro atoms. The first-order valence-electron chi connectivity index (χ1n) is 10.4. The van der Waals surface area contributed by atoms with Gasteiger partial charge in [-0.3, -0.25) is 9.59 Å². The van der Waals surface area contributed by atoms with Crippen LogP contribution in [0.1, 0.15) is 17.4 Å². The normalized spacial score (nSPS) is 13.9. The average molecular weight is 470 g/mol. The molecule has 5 nitrogen and oxygen atoms in total. The van der Waals surface area contributed by atoms with Gasteiger partial charge in [0.15, 0.2) is 0 Å². The number of anilines is 3. The molecule has 1 aliphatic rings. The fourth-order valence-corrected chi connectivity index (χ4v) is 5.12. The highest BCUT2D eigenvalue weighted by Gasteiger charge is 2.22. The van der Waals surface area contributed by atoms with Gasteiger partial charge in [-0.1, -0.05) is 12.1 Å². The zero-order valence-corrected chi connectivity index (χ0v) is 19.3. The smallest absolute Gasteiger partial charge is 0.237 e. The van der Waals surface area contributed by atoms with Gasteiger partial charge in [0.2, 0.25) is 11.8 Å². The SMILES string of the molecule is CC(SCC(=O)Nc1ccc(F)cc1)C(=O)Nc1ccccc1N1CCc2sccc2C1. The van der Waals surface area contributed by atoms with Crippen molar-refractivity contribution in [3.8, 4) is 0 Å². The van der Waals surface area contributed by atoms with Gasteiger partial charge in [0.1, 0.15) is 5.82 Å². The minimum atomic E-state index is -0.410. The van der Waals surface area contributed by atoms with Crippen LogP contribution in [0.4, 0.5) is 21.5 Å². The van der Waals surface area contributed by atoms with E-state index in [2.05, 4.69) is 27.0 Å². The van der Waals surface area contributed by atoms with E-state index < -0.39 is 5.25 Å². The second-order valence-corrected chi connectivity index (χ2v) is 9.89. The molecule has 0 aliphatic carbocycles. The lowest BCUT2D eigenvalue weighted by molar-refractivity contribution is -0.115. The van der Waals surface area contributed by atoms with Gasteiger partial charge in [-0.15, -0.1) is 23.1 Å². The number of carbonyl (C=O) groups is 2. The van der Waals surface area contributed by atoms with Crippen molar-refractivity contribution < 1.29 is 14.0 Å². The number of hydrogen-bond donors (Lipinski definition) is 2. The Bertz CT molecular complexity index is 1100. The number of halogens is 1. The van der Waals surface area contributed by atoms with E-state index >= 15 is 0 Å². The Kier molecular flexibility index (Phi) is 7.12. The lowest BCUT2D eigenvalue weighted by Crippen LogP contribution is -2.31. The van der Waals surface area contributed by atoms with Crippen LogP contribution in [0.15, 0.2) is 60.0 Å². The van der Waals surface area contributed by atoms with Crippen LogP contribution >= 0.6 is 23.1 Å². The van der Waals surface area contributed by atoms with Gasteiger partial charge >= 0.3 is 0 Å². The third-order valence-corrected chi connectivity index (χ3v) is 7.44. The monoisotopic (exact) mass is 469 g/mol. The molecular formula is C24H24FN3O2S2. The molecule has 4 rings (SSSR count). The summed E-state index contributed by atoms with van der Waals surface area (Å²) in [5, 5.41) is 7.46. The van der Waals surface area contributed by atoms with Crippen molar-refractivity contribution >= 4 is 52.0 Å². The number of carbonyl (C=O) groups excluding carboxylic acids is 2. The maximum Gasteiger partial charge on any atom is 0.237 e. The number of benzene rings is 2. The second kappa shape index (κ2) is 10.2. The lowest BCUT2D eigenvalue weighted by Gasteiger charge is -2.31. The Labute approximate surface area is 195 Å². The zero-order valence-electron chi connectivity index (χ0n) is 17.6. The Morgan fingerprint density at radius 3 is 2.72 bits per heavy atom. The van der Waals surface area contributed by atoms with E-state index in [9.17, 15) is 14.0 Å². The number of amides is 2. The molecule has 1 aliphatic heterocycles. The van der Waals surface area contributed by atoms with Gasteiger partial charge in [-0.05, 0) is 66.8 Å². The summed E-state index contributed by atoms with van der Waals surface area (Å²) in [5.74, 6) is -0.615. The van der Waals surface area contributed by atoms with Crippen LogP contribution in [-0.4, -0.2) is 29.4 Å². The third kappa shape index (κ3) is 5.49. The van der Waals surface area contributed by atoms with Crippen LogP contribution in [0.2, 0.25) is 0 Å². The minimum Gasteiger partial charge on any atom is -0.365 e. The summed E-state index contributed by atoms with van der Waals surface area (Å²) in [4.78, 5) is 28.7. The van der Waals surface area contributed by atoms with Crippen molar-refractivity contribution in [1.29, 1.82) is 0 Å². The number of rotatable bonds is 7. The Balaban J connectivity index is 1.32.